The summed E-state index contributed by atoms with van der Waals surface area (Å²) in [6.45, 7) is -0.303. The summed E-state index contributed by atoms with van der Waals surface area (Å²) in [5, 5.41) is 12.6. The monoisotopic (exact) mass is 340 g/mol. The Morgan fingerprint density at radius 1 is 1.28 bits per heavy atom. The quantitative estimate of drug-likeness (QED) is 0.594. The van der Waals surface area contributed by atoms with E-state index in [-0.39, 0.29) is 13.0 Å². The lowest BCUT2D eigenvalue weighted by Crippen LogP contribution is -2.44. The Kier molecular flexibility index (Phi) is 4.89. The summed E-state index contributed by atoms with van der Waals surface area (Å²) in [6.07, 6.45) is 4.71. The first-order valence-electron chi connectivity index (χ1n) is 7.59. The standard InChI is InChI=1S/C17H16N4O4/c22-15(21-13(17(23)24)7-12-8-18-10-20-12)9-25-14-5-1-3-11-4-2-6-19-16(11)14/h1-6,8,10,13H,7,9H2,(H,18,20)(H,21,22)(H,23,24). The fraction of sp³-hybridized carbons (Fsp3) is 0.176. The van der Waals surface area contributed by atoms with E-state index in [2.05, 4.69) is 20.3 Å². The van der Waals surface area contributed by atoms with Crippen molar-refractivity contribution in [3.05, 3.63) is 54.7 Å². The molecule has 0 spiro atoms. The SMILES string of the molecule is O=C(COc1cccc2cccnc12)NC(Cc1cnc[nH]1)C(=O)O. The normalized spacial score (nSPS) is 11.8. The molecule has 25 heavy (non-hydrogen) atoms. The van der Waals surface area contributed by atoms with Crippen molar-refractivity contribution in [2.24, 2.45) is 0 Å². The van der Waals surface area contributed by atoms with Gasteiger partial charge in [-0.1, -0.05) is 18.2 Å². The summed E-state index contributed by atoms with van der Waals surface area (Å²) in [6, 6.07) is 8.03. The van der Waals surface area contributed by atoms with Crippen LogP contribution in [0.15, 0.2) is 49.1 Å². The molecule has 0 aliphatic heterocycles. The number of aliphatic carboxylic acids is 1. The number of nitrogens with zero attached hydrogens (tertiary/aromatic N) is 2. The van der Waals surface area contributed by atoms with Crippen LogP contribution < -0.4 is 10.1 Å². The largest absolute Gasteiger partial charge is 0.481 e. The number of hydrogen-bond donors (Lipinski definition) is 3. The van der Waals surface area contributed by atoms with Gasteiger partial charge in [-0.15, -0.1) is 0 Å². The zero-order chi connectivity index (χ0) is 17.6. The lowest BCUT2D eigenvalue weighted by atomic mass is 10.1. The molecule has 1 aromatic carbocycles. The number of carboxylic acids is 1. The maximum Gasteiger partial charge on any atom is 0.326 e. The van der Waals surface area contributed by atoms with E-state index in [1.807, 2.05) is 18.2 Å². The number of amides is 1. The van der Waals surface area contributed by atoms with Crippen LogP contribution in [0.5, 0.6) is 5.75 Å². The molecule has 0 radical (unpaired) electrons. The van der Waals surface area contributed by atoms with E-state index in [1.54, 1.807) is 18.3 Å². The van der Waals surface area contributed by atoms with Crippen molar-refractivity contribution in [3.63, 3.8) is 0 Å². The zero-order valence-electron chi connectivity index (χ0n) is 13.2. The van der Waals surface area contributed by atoms with Gasteiger partial charge in [-0.25, -0.2) is 9.78 Å². The molecular weight excluding hydrogens is 324 g/mol. The van der Waals surface area contributed by atoms with Crippen molar-refractivity contribution in [1.82, 2.24) is 20.3 Å². The number of carbonyl (C=O) groups is 2. The summed E-state index contributed by atoms with van der Waals surface area (Å²) < 4.78 is 5.51. The highest BCUT2D eigenvalue weighted by molar-refractivity contribution is 5.86. The molecule has 128 valence electrons. The third-order valence-corrected chi connectivity index (χ3v) is 3.57. The van der Waals surface area contributed by atoms with E-state index in [0.29, 0.717) is 17.0 Å². The number of aromatic amines is 1. The van der Waals surface area contributed by atoms with Crippen molar-refractivity contribution in [2.75, 3.05) is 6.61 Å². The van der Waals surface area contributed by atoms with Crippen LogP contribution in [-0.2, 0) is 16.0 Å². The summed E-state index contributed by atoms with van der Waals surface area (Å²) >= 11 is 0. The fourth-order valence-electron chi connectivity index (χ4n) is 2.39. The Bertz CT molecular complexity index is 874. The Balaban J connectivity index is 1.62. The van der Waals surface area contributed by atoms with Gasteiger partial charge in [-0.3, -0.25) is 9.78 Å². The molecule has 0 aliphatic carbocycles. The highest BCUT2D eigenvalue weighted by Gasteiger charge is 2.21. The van der Waals surface area contributed by atoms with Crippen LogP contribution >= 0.6 is 0 Å². The second kappa shape index (κ2) is 7.43. The van der Waals surface area contributed by atoms with Crippen molar-refractivity contribution in [3.8, 4) is 5.75 Å². The number of aromatic nitrogens is 3. The number of fused-ring (bicyclic) bond motifs is 1. The van der Waals surface area contributed by atoms with Crippen LogP contribution in [0.4, 0.5) is 0 Å². The van der Waals surface area contributed by atoms with Crippen LogP contribution in [0.25, 0.3) is 10.9 Å². The van der Waals surface area contributed by atoms with Gasteiger partial charge in [0.1, 0.15) is 17.3 Å². The first-order chi connectivity index (χ1) is 12.1. The molecular formula is C17H16N4O4. The van der Waals surface area contributed by atoms with Gasteiger partial charge in [0.05, 0.1) is 6.33 Å². The van der Waals surface area contributed by atoms with E-state index in [9.17, 15) is 14.7 Å². The molecule has 0 saturated heterocycles. The first kappa shape index (κ1) is 16.4. The Morgan fingerprint density at radius 3 is 2.88 bits per heavy atom. The molecule has 0 aliphatic rings. The number of nitrogens with one attached hydrogen (secondary N) is 2. The average molecular weight is 340 g/mol. The number of hydrogen-bond acceptors (Lipinski definition) is 5. The van der Waals surface area contributed by atoms with E-state index in [1.165, 1.54) is 12.5 Å². The number of pyridine rings is 1. The van der Waals surface area contributed by atoms with E-state index in [0.717, 1.165) is 5.39 Å². The van der Waals surface area contributed by atoms with Gasteiger partial charge >= 0.3 is 5.97 Å². The Morgan fingerprint density at radius 2 is 2.12 bits per heavy atom. The van der Waals surface area contributed by atoms with Gasteiger partial charge in [-0.05, 0) is 12.1 Å². The Hall–Kier alpha value is -3.42. The van der Waals surface area contributed by atoms with E-state index in [4.69, 9.17) is 4.74 Å². The van der Waals surface area contributed by atoms with Crippen molar-refractivity contribution < 1.29 is 19.4 Å². The minimum atomic E-state index is -1.13. The highest BCUT2D eigenvalue weighted by Crippen LogP contribution is 2.22. The number of ether oxygens (including phenoxy) is 1. The summed E-state index contributed by atoms with van der Waals surface area (Å²) in [4.78, 5) is 34.2. The van der Waals surface area contributed by atoms with E-state index < -0.39 is 17.9 Å². The van der Waals surface area contributed by atoms with Crippen molar-refractivity contribution in [2.45, 2.75) is 12.5 Å². The number of benzene rings is 1. The molecule has 3 rings (SSSR count). The lowest BCUT2D eigenvalue weighted by Gasteiger charge is -2.14. The van der Waals surface area contributed by atoms with Crippen LogP contribution in [0, 0.1) is 0 Å². The second-order valence-electron chi connectivity index (χ2n) is 5.36. The maximum absolute atomic E-state index is 12.1. The molecule has 0 fully saturated rings. The van der Waals surface area contributed by atoms with Crippen LogP contribution in [0.2, 0.25) is 0 Å². The van der Waals surface area contributed by atoms with Gasteiger partial charge in [-0.2, -0.15) is 0 Å². The molecule has 0 saturated carbocycles. The predicted molar refractivity (Wildman–Crippen MR) is 89.1 cm³/mol. The van der Waals surface area contributed by atoms with Gasteiger partial charge in [0.15, 0.2) is 6.61 Å². The van der Waals surface area contributed by atoms with Gasteiger partial charge in [0.2, 0.25) is 0 Å². The van der Waals surface area contributed by atoms with Crippen molar-refractivity contribution in [1.29, 1.82) is 0 Å². The average Bonchev–Trinajstić information content (AvgIpc) is 3.12. The third kappa shape index (κ3) is 4.11. The van der Waals surface area contributed by atoms with Crippen LogP contribution in [0.3, 0.4) is 0 Å². The fourth-order valence-corrected chi connectivity index (χ4v) is 2.39. The summed E-state index contributed by atoms with van der Waals surface area (Å²) in [7, 11) is 0. The van der Waals surface area contributed by atoms with Crippen LogP contribution in [-0.4, -0.2) is 44.6 Å². The summed E-state index contributed by atoms with van der Waals surface area (Å²) in [5.41, 5.74) is 1.26. The van der Waals surface area contributed by atoms with Gasteiger partial charge < -0.3 is 20.1 Å². The predicted octanol–water partition coefficient (Wildman–Crippen LogP) is 1.15. The van der Waals surface area contributed by atoms with Crippen LogP contribution in [0.1, 0.15) is 5.69 Å². The number of para-hydroxylation sites is 1. The molecule has 3 aromatic rings. The topological polar surface area (TPSA) is 117 Å². The number of H-pyrrole nitrogens is 1. The number of carboxylic acid groups (broad SMARTS) is 1. The molecule has 3 N–H and O–H groups in total. The molecule has 1 amide bonds. The molecule has 8 heteroatoms. The highest BCUT2D eigenvalue weighted by atomic mass is 16.5. The van der Waals surface area contributed by atoms with Gasteiger partial charge in [0, 0.05) is 29.9 Å². The first-order valence-corrected chi connectivity index (χ1v) is 7.59. The molecule has 8 nitrogen and oxygen atoms in total. The van der Waals surface area contributed by atoms with E-state index >= 15 is 0 Å². The molecule has 0 bridgehead atoms. The molecule has 1 atom stereocenters. The number of imidazole rings is 1. The molecule has 2 aromatic heterocycles. The third-order valence-electron chi connectivity index (χ3n) is 3.57. The van der Waals surface area contributed by atoms with Gasteiger partial charge in [0.25, 0.3) is 5.91 Å². The number of carbonyl (C=O) groups excluding carboxylic acids is 1. The number of rotatable bonds is 7. The minimum absolute atomic E-state index is 0.108. The molecule has 1 unspecified atom stereocenters. The smallest absolute Gasteiger partial charge is 0.326 e. The molecule has 2 heterocycles. The summed E-state index contributed by atoms with van der Waals surface area (Å²) in [5.74, 6) is -1.19. The zero-order valence-corrected chi connectivity index (χ0v) is 13.2. The second-order valence-corrected chi connectivity index (χ2v) is 5.36. The minimum Gasteiger partial charge on any atom is -0.481 e. The van der Waals surface area contributed by atoms with Crippen molar-refractivity contribution >= 4 is 22.8 Å². The maximum atomic E-state index is 12.1. The lowest BCUT2D eigenvalue weighted by molar-refractivity contribution is -0.142. The Labute approximate surface area is 142 Å².